The van der Waals surface area contributed by atoms with Crippen molar-refractivity contribution in [2.45, 2.75) is 60.5 Å². The monoisotopic (exact) mass is 410 g/mol. The van der Waals surface area contributed by atoms with Gasteiger partial charge in [-0.3, -0.25) is 9.59 Å². The smallest absolute Gasteiger partial charge is 0.261 e. The van der Waals surface area contributed by atoms with E-state index < -0.39 is 6.04 Å². The summed E-state index contributed by atoms with van der Waals surface area (Å²) in [5.74, 6) is 0.373. The van der Waals surface area contributed by atoms with Gasteiger partial charge in [-0.15, -0.1) is 0 Å². The van der Waals surface area contributed by atoms with E-state index in [2.05, 4.69) is 11.4 Å². The molecule has 2 aromatic rings. The number of rotatable bonds is 9. The van der Waals surface area contributed by atoms with Gasteiger partial charge in [-0.05, 0) is 69.4 Å². The Morgan fingerprint density at radius 1 is 1.00 bits per heavy atom. The van der Waals surface area contributed by atoms with E-state index in [1.807, 2.05) is 71.9 Å². The van der Waals surface area contributed by atoms with E-state index in [1.165, 1.54) is 0 Å². The molecule has 0 heterocycles. The van der Waals surface area contributed by atoms with Crippen molar-refractivity contribution in [2.75, 3.05) is 13.2 Å². The molecule has 0 bridgehead atoms. The molecule has 0 saturated carbocycles. The third-order valence-corrected chi connectivity index (χ3v) is 5.33. The van der Waals surface area contributed by atoms with Gasteiger partial charge in [0.15, 0.2) is 6.61 Å². The molecule has 1 atom stereocenters. The molecule has 0 saturated heterocycles. The summed E-state index contributed by atoms with van der Waals surface area (Å²) in [7, 11) is 0. The van der Waals surface area contributed by atoms with Crippen LogP contribution in [0.2, 0.25) is 0 Å². The average Bonchev–Trinajstić information content (AvgIpc) is 2.70. The van der Waals surface area contributed by atoms with Crippen LogP contribution >= 0.6 is 0 Å². The maximum atomic E-state index is 13.2. The normalized spacial score (nSPS) is 11.7. The number of nitrogens with zero attached hydrogens (tertiary/aromatic N) is 1. The van der Waals surface area contributed by atoms with Gasteiger partial charge in [0.1, 0.15) is 11.8 Å². The van der Waals surface area contributed by atoms with Crippen LogP contribution in [0.4, 0.5) is 0 Å². The Bertz CT molecular complexity index is 875. The number of amides is 2. The van der Waals surface area contributed by atoms with Crippen LogP contribution in [0, 0.1) is 27.7 Å². The first-order valence-corrected chi connectivity index (χ1v) is 10.6. The van der Waals surface area contributed by atoms with Crippen LogP contribution in [0.1, 0.15) is 48.1 Å². The Morgan fingerprint density at radius 2 is 1.67 bits per heavy atom. The van der Waals surface area contributed by atoms with Gasteiger partial charge in [0, 0.05) is 13.1 Å². The SMILES string of the molecule is CCNC(=O)[C@H](CC)N(Cc1ccc(C)cc1)C(=O)COc1cc(C)cc(C)c1C. The van der Waals surface area contributed by atoms with E-state index >= 15 is 0 Å². The highest BCUT2D eigenvalue weighted by Gasteiger charge is 2.28. The Morgan fingerprint density at radius 3 is 2.27 bits per heavy atom. The maximum Gasteiger partial charge on any atom is 0.261 e. The van der Waals surface area contributed by atoms with Crippen molar-refractivity contribution in [3.05, 3.63) is 64.2 Å². The summed E-state index contributed by atoms with van der Waals surface area (Å²) in [4.78, 5) is 27.5. The fraction of sp³-hybridized carbons (Fsp3) is 0.440. The molecule has 162 valence electrons. The number of hydrogen-bond donors (Lipinski definition) is 1. The van der Waals surface area contributed by atoms with E-state index in [1.54, 1.807) is 4.90 Å². The number of nitrogens with one attached hydrogen (secondary N) is 1. The summed E-state index contributed by atoms with van der Waals surface area (Å²) in [5, 5.41) is 2.85. The van der Waals surface area contributed by atoms with Crippen molar-refractivity contribution in [3.8, 4) is 5.75 Å². The van der Waals surface area contributed by atoms with Crippen LogP contribution in [0.15, 0.2) is 36.4 Å². The van der Waals surface area contributed by atoms with Gasteiger partial charge in [0.05, 0.1) is 0 Å². The number of benzene rings is 2. The third kappa shape index (κ3) is 6.09. The predicted molar refractivity (Wildman–Crippen MR) is 121 cm³/mol. The van der Waals surface area contributed by atoms with Crippen molar-refractivity contribution in [2.24, 2.45) is 0 Å². The van der Waals surface area contributed by atoms with Crippen molar-refractivity contribution in [3.63, 3.8) is 0 Å². The van der Waals surface area contributed by atoms with Gasteiger partial charge in [0.2, 0.25) is 5.91 Å². The Balaban J connectivity index is 2.24. The van der Waals surface area contributed by atoms with Gasteiger partial charge in [-0.2, -0.15) is 0 Å². The van der Waals surface area contributed by atoms with E-state index in [4.69, 9.17) is 4.74 Å². The van der Waals surface area contributed by atoms with Crippen molar-refractivity contribution >= 4 is 11.8 Å². The topological polar surface area (TPSA) is 58.6 Å². The summed E-state index contributed by atoms with van der Waals surface area (Å²) in [6, 6.07) is 11.5. The Hall–Kier alpha value is -2.82. The highest BCUT2D eigenvalue weighted by Crippen LogP contribution is 2.23. The highest BCUT2D eigenvalue weighted by molar-refractivity contribution is 5.88. The number of hydrogen-bond acceptors (Lipinski definition) is 3. The molecule has 2 aromatic carbocycles. The molecule has 0 spiro atoms. The Labute approximate surface area is 180 Å². The summed E-state index contributed by atoms with van der Waals surface area (Å²) < 4.78 is 5.91. The lowest BCUT2D eigenvalue weighted by Crippen LogP contribution is -2.50. The molecule has 0 aromatic heterocycles. The molecule has 0 aliphatic heterocycles. The average molecular weight is 411 g/mol. The quantitative estimate of drug-likeness (QED) is 0.673. The third-order valence-electron chi connectivity index (χ3n) is 5.33. The Kier molecular flexibility index (Phi) is 8.46. The summed E-state index contributed by atoms with van der Waals surface area (Å²) >= 11 is 0. The first-order valence-electron chi connectivity index (χ1n) is 10.6. The summed E-state index contributed by atoms with van der Waals surface area (Å²) in [5.41, 5.74) is 5.38. The van der Waals surface area contributed by atoms with E-state index in [9.17, 15) is 9.59 Å². The van der Waals surface area contributed by atoms with Crippen LogP contribution in [0.3, 0.4) is 0 Å². The highest BCUT2D eigenvalue weighted by atomic mass is 16.5. The summed E-state index contributed by atoms with van der Waals surface area (Å²) in [6.07, 6.45) is 0.534. The van der Waals surface area contributed by atoms with Gasteiger partial charge < -0.3 is 15.0 Å². The molecule has 0 aliphatic rings. The first kappa shape index (κ1) is 23.5. The van der Waals surface area contributed by atoms with Crippen LogP contribution in [-0.2, 0) is 16.1 Å². The molecule has 5 nitrogen and oxygen atoms in total. The fourth-order valence-corrected chi connectivity index (χ4v) is 3.47. The second-order valence-corrected chi connectivity index (χ2v) is 7.82. The van der Waals surface area contributed by atoms with Gasteiger partial charge in [-0.1, -0.05) is 42.8 Å². The van der Waals surface area contributed by atoms with Gasteiger partial charge in [0.25, 0.3) is 5.91 Å². The van der Waals surface area contributed by atoms with Crippen molar-refractivity contribution < 1.29 is 14.3 Å². The molecule has 5 heteroatoms. The molecular formula is C25H34N2O3. The minimum atomic E-state index is -0.539. The number of carbonyl (C=O) groups is 2. The van der Waals surface area contributed by atoms with E-state index in [-0.39, 0.29) is 18.4 Å². The number of aryl methyl sites for hydroxylation is 3. The van der Waals surface area contributed by atoms with Crippen molar-refractivity contribution in [1.29, 1.82) is 0 Å². The number of carbonyl (C=O) groups excluding carboxylic acids is 2. The van der Waals surface area contributed by atoms with Gasteiger partial charge >= 0.3 is 0 Å². The number of ether oxygens (including phenoxy) is 1. The lowest BCUT2D eigenvalue weighted by molar-refractivity contribution is -0.142. The fourth-order valence-electron chi connectivity index (χ4n) is 3.47. The van der Waals surface area contributed by atoms with Crippen LogP contribution in [-0.4, -0.2) is 35.9 Å². The van der Waals surface area contributed by atoms with E-state index in [0.29, 0.717) is 25.3 Å². The lowest BCUT2D eigenvalue weighted by atomic mass is 10.1. The minimum absolute atomic E-state index is 0.106. The largest absolute Gasteiger partial charge is 0.483 e. The molecule has 0 fully saturated rings. The molecular weight excluding hydrogens is 376 g/mol. The zero-order valence-electron chi connectivity index (χ0n) is 19.0. The van der Waals surface area contributed by atoms with Crippen LogP contribution in [0.25, 0.3) is 0 Å². The second-order valence-electron chi connectivity index (χ2n) is 7.82. The van der Waals surface area contributed by atoms with Crippen molar-refractivity contribution in [1.82, 2.24) is 10.2 Å². The van der Waals surface area contributed by atoms with E-state index in [0.717, 1.165) is 27.8 Å². The first-order chi connectivity index (χ1) is 14.3. The molecule has 0 aliphatic carbocycles. The zero-order valence-corrected chi connectivity index (χ0v) is 19.0. The predicted octanol–water partition coefficient (Wildman–Crippen LogP) is 4.24. The maximum absolute atomic E-state index is 13.2. The molecule has 1 N–H and O–H groups in total. The zero-order chi connectivity index (χ0) is 22.3. The summed E-state index contributed by atoms with van der Waals surface area (Å²) in [6.45, 7) is 12.6. The molecule has 2 rings (SSSR count). The number of likely N-dealkylation sites (N-methyl/N-ethyl adjacent to an activating group) is 1. The lowest BCUT2D eigenvalue weighted by Gasteiger charge is -2.30. The van der Waals surface area contributed by atoms with Crippen LogP contribution < -0.4 is 10.1 Å². The molecule has 30 heavy (non-hydrogen) atoms. The molecule has 2 amide bonds. The van der Waals surface area contributed by atoms with Crippen LogP contribution in [0.5, 0.6) is 5.75 Å². The molecule has 0 unspecified atom stereocenters. The second kappa shape index (κ2) is 10.8. The standard InChI is InChI=1S/C25H34N2O3/c1-7-22(25(29)26-8-2)27(15-21-11-9-17(3)10-12-21)24(28)16-30-23-14-18(4)13-19(5)20(23)6/h9-14,22H,7-8,15-16H2,1-6H3,(H,26,29)/t22-/m0/s1. The van der Waals surface area contributed by atoms with Gasteiger partial charge in [-0.25, -0.2) is 0 Å². The minimum Gasteiger partial charge on any atom is -0.483 e. The molecule has 0 radical (unpaired) electrons.